The maximum Gasteiger partial charge on any atom is 0.433 e. The lowest BCUT2D eigenvalue weighted by Crippen LogP contribution is -2.46. The van der Waals surface area contributed by atoms with Gasteiger partial charge in [0.05, 0.1) is 0 Å². The van der Waals surface area contributed by atoms with Gasteiger partial charge in [-0.1, -0.05) is 11.6 Å². The molecule has 4 nitrogen and oxygen atoms in total. The van der Waals surface area contributed by atoms with E-state index in [1.54, 1.807) is 0 Å². The second-order valence-corrected chi connectivity index (χ2v) is 5.33. The number of nitrogens with zero attached hydrogens (tertiary/aromatic N) is 4. The second kappa shape index (κ2) is 6.43. The van der Waals surface area contributed by atoms with Gasteiger partial charge in [0, 0.05) is 38.8 Å². The Morgan fingerprint density at radius 1 is 1.19 bits per heavy atom. The van der Waals surface area contributed by atoms with Crippen molar-refractivity contribution in [2.24, 2.45) is 0 Å². The third-order valence-corrected chi connectivity index (χ3v) is 3.40. The van der Waals surface area contributed by atoms with Crippen LogP contribution in [0.2, 0.25) is 0 Å². The predicted molar refractivity (Wildman–Crippen MR) is 75.1 cm³/mol. The summed E-state index contributed by atoms with van der Waals surface area (Å²) in [6, 6.07) is 1.02. The number of hydrogen-bond donors (Lipinski definition) is 0. The van der Waals surface area contributed by atoms with Crippen molar-refractivity contribution in [3.63, 3.8) is 0 Å². The number of hydrogen-bond acceptors (Lipinski definition) is 4. The Hall–Kier alpha value is -1.63. The van der Waals surface area contributed by atoms with Gasteiger partial charge in [-0.15, -0.1) is 0 Å². The molecule has 2 heterocycles. The molecule has 7 heteroatoms. The van der Waals surface area contributed by atoms with Gasteiger partial charge in [0.1, 0.15) is 17.8 Å². The summed E-state index contributed by atoms with van der Waals surface area (Å²) in [5, 5.41) is 0. The minimum Gasteiger partial charge on any atom is -0.354 e. The van der Waals surface area contributed by atoms with E-state index < -0.39 is 11.9 Å². The Balaban J connectivity index is 1.98. The van der Waals surface area contributed by atoms with Gasteiger partial charge in [0.2, 0.25) is 0 Å². The van der Waals surface area contributed by atoms with Gasteiger partial charge in [-0.2, -0.15) is 13.2 Å². The number of piperazine rings is 1. The zero-order chi connectivity index (χ0) is 15.5. The summed E-state index contributed by atoms with van der Waals surface area (Å²) in [6.45, 7) is 7.96. The summed E-state index contributed by atoms with van der Waals surface area (Å²) < 4.78 is 37.9. The molecule has 0 atom stereocenters. The van der Waals surface area contributed by atoms with E-state index >= 15 is 0 Å². The van der Waals surface area contributed by atoms with Gasteiger partial charge in [0.25, 0.3) is 0 Å². The number of halogens is 3. The number of alkyl halides is 3. The first-order valence-corrected chi connectivity index (χ1v) is 6.86. The SMILES string of the molecule is CC(C)=CCN1CCN(c2cc(C(F)(F)F)ncn2)CC1. The maximum atomic E-state index is 12.6. The van der Waals surface area contributed by atoms with Crippen LogP contribution in [0.1, 0.15) is 19.5 Å². The number of anilines is 1. The van der Waals surface area contributed by atoms with E-state index in [0.717, 1.165) is 32.0 Å². The highest BCUT2D eigenvalue weighted by molar-refractivity contribution is 5.40. The molecule has 116 valence electrons. The predicted octanol–water partition coefficient (Wildman–Crippen LogP) is 2.58. The van der Waals surface area contributed by atoms with Crippen molar-refractivity contribution in [3.05, 3.63) is 29.7 Å². The molecule has 0 aromatic carbocycles. The lowest BCUT2D eigenvalue weighted by molar-refractivity contribution is -0.141. The molecule has 0 spiro atoms. The quantitative estimate of drug-likeness (QED) is 0.803. The number of allylic oxidation sites excluding steroid dienone is 1. The fourth-order valence-electron chi connectivity index (χ4n) is 2.15. The molecule has 2 rings (SSSR count). The number of rotatable bonds is 3. The van der Waals surface area contributed by atoms with E-state index in [4.69, 9.17) is 0 Å². The Labute approximate surface area is 122 Å². The van der Waals surface area contributed by atoms with Gasteiger partial charge >= 0.3 is 6.18 Å². The Kier molecular flexibility index (Phi) is 4.82. The van der Waals surface area contributed by atoms with Crippen molar-refractivity contribution in [1.82, 2.24) is 14.9 Å². The highest BCUT2D eigenvalue weighted by Gasteiger charge is 2.33. The molecular formula is C14H19F3N4. The van der Waals surface area contributed by atoms with E-state index in [0.29, 0.717) is 18.9 Å². The fraction of sp³-hybridized carbons (Fsp3) is 0.571. The topological polar surface area (TPSA) is 32.3 Å². The van der Waals surface area contributed by atoms with E-state index in [9.17, 15) is 13.2 Å². The van der Waals surface area contributed by atoms with Crippen LogP contribution in [0.5, 0.6) is 0 Å². The first-order valence-electron chi connectivity index (χ1n) is 6.86. The first-order chi connectivity index (χ1) is 9.86. The van der Waals surface area contributed by atoms with E-state index in [1.807, 2.05) is 4.90 Å². The fourth-order valence-corrected chi connectivity index (χ4v) is 2.15. The largest absolute Gasteiger partial charge is 0.433 e. The van der Waals surface area contributed by atoms with Crippen LogP contribution in [0, 0.1) is 0 Å². The summed E-state index contributed by atoms with van der Waals surface area (Å²) >= 11 is 0. The van der Waals surface area contributed by atoms with Crippen LogP contribution in [0.3, 0.4) is 0 Å². The summed E-state index contributed by atoms with van der Waals surface area (Å²) in [4.78, 5) is 11.4. The van der Waals surface area contributed by atoms with Gasteiger partial charge in [0.15, 0.2) is 0 Å². The van der Waals surface area contributed by atoms with Crippen molar-refractivity contribution in [2.75, 3.05) is 37.6 Å². The molecule has 0 aliphatic carbocycles. The highest BCUT2D eigenvalue weighted by Crippen LogP contribution is 2.29. The van der Waals surface area contributed by atoms with Crippen molar-refractivity contribution in [1.29, 1.82) is 0 Å². The second-order valence-electron chi connectivity index (χ2n) is 5.33. The zero-order valence-corrected chi connectivity index (χ0v) is 12.2. The van der Waals surface area contributed by atoms with E-state index in [-0.39, 0.29) is 0 Å². The smallest absolute Gasteiger partial charge is 0.354 e. The van der Waals surface area contributed by atoms with Crippen molar-refractivity contribution < 1.29 is 13.2 Å². The molecular weight excluding hydrogens is 281 g/mol. The van der Waals surface area contributed by atoms with Crippen LogP contribution in [-0.4, -0.2) is 47.6 Å². The molecule has 1 aliphatic rings. The Morgan fingerprint density at radius 3 is 2.43 bits per heavy atom. The molecule has 1 saturated heterocycles. The Bertz CT molecular complexity index is 501. The van der Waals surface area contributed by atoms with Crippen LogP contribution in [-0.2, 0) is 6.18 Å². The average molecular weight is 300 g/mol. The van der Waals surface area contributed by atoms with E-state index in [2.05, 4.69) is 34.8 Å². The molecule has 1 aliphatic heterocycles. The summed E-state index contributed by atoms with van der Waals surface area (Å²) in [7, 11) is 0. The minimum atomic E-state index is -4.43. The lowest BCUT2D eigenvalue weighted by Gasteiger charge is -2.35. The van der Waals surface area contributed by atoms with Crippen LogP contribution < -0.4 is 4.90 Å². The van der Waals surface area contributed by atoms with Gasteiger partial charge < -0.3 is 4.90 Å². The third kappa shape index (κ3) is 4.42. The lowest BCUT2D eigenvalue weighted by atomic mass is 10.2. The zero-order valence-electron chi connectivity index (χ0n) is 12.2. The molecule has 0 N–H and O–H groups in total. The van der Waals surface area contributed by atoms with Crippen molar-refractivity contribution >= 4 is 5.82 Å². The van der Waals surface area contributed by atoms with Gasteiger partial charge in [-0.05, 0) is 13.8 Å². The van der Waals surface area contributed by atoms with Gasteiger partial charge in [-0.25, -0.2) is 9.97 Å². The molecule has 1 aromatic rings. The molecule has 1 fully saturated rings. The van der Waals surface area contributed by atoms with Crippen LogP contribution in [0.25, 0.3) is 0 Å². The Morgan fingerprint density at radius 2 is 1.86 bits per heavy atom. The van der Waals surface area contributed by atoms with Crippen LogP contribution in [0.15, 0.2) is 24.0 Å². The van der Waals surface area contributed by atoms with Gasteiger partial charge in [-0.3, -0.25) is 4.90 Å². The monoisotopic (exact) mass is 300 g/mol. The van der Waals surface area contributed by atoms with E-state index in [1.165, 1.54) is 5.57 Å². The number of aromatic nitrogens is 2. The standard InChI is InChI=1S/C14H19F3N4/c1-11(2)3-4-20-5-7-21(8-6-20)13-9-12(14(15,16)17)18-10-19-13/h3,9-10H,4-8H2,1-2H3. The molecule has 1 aromatic heterocycles. The maximum absolute atomic E-state index is 12.6. The third-order valence-electron chi connectivity index (χ3n) is 3.40. The van der Waals surface area contributed by atoms with Crippen molar-refractivity contribution in [3.8, 4) is 0 Å². The molecule has 0 unspecified atom stereocenters. The molecule has 0 bridgehead atoms. The molecule has 0 saturated carbocycles. The first kappa shape index (κ1) is 15.8. The van der Waals surface area contributed by atoms with Crippen LogP contribution >= 0.6 is 0 Å². The molecule has 0 radical (unpaired) electrons. The minimum absolute atomic E-state index is 0.346. The summed E-state index contributed by atoms with van der Waals surface area (Å²) in [5.74, 6) is 0.346. The molecule has 0 amide bonds. The summed E-state index contributed by atoms with van der Waals surface area (Å²) in [5.41, 5.74) is 0.377. The average Bonchev–Trinajstić information content (AvgIpc) is 2.45. The summed E-state index contributed by atoms with van der Waals surface area (Å²) in [6.07, 6.45) is -1.29. The van der Waals surface area contributed by atoms with Crippen LogP contribution in [0.4, 0.5) is 19.0 Å². The molecule has 21 heavy (non-hydrogen) atoms. The van der Waals surface area contributed by atoms with Crippen molar-refractivity contribution in [2.45, 2.75) is 20.0 Å². The highest BCUT2D eigenvalue weighted by atomic mass is 19.4. The normalized spacial score (nSPS) is 16.9.